The number of carbonyl (C=O) groups excluding carboxylic acids is 1. The summed E-state index contributed by atoms with van der Waals surface area (Å²) >= 11 is 1.70. The van der Waals surface area contributed by atoms with E-state index in [2.05, 4.69) is 17.0 Å². The molecule has 2 aliphatic rings. The molecule has 6 rings (SSSR count). The van der Waals surface area contributed by atoms with Gasteiger partial charge in [0.1, 0.15) is 30.1 Å². The van der Waals surface area contributed by atoms with Crippen LogP contribution in [0.1, 0.15) is 29.3 Å². The summed E-state index contributed by atoms with van der Waals surface area (Å²) in [6.07, 6.45) is 4.68. The van der Waals surface area contributed by atoms with E-state index in [9.17, 15) is 9.59 Å². The van der Waals surface area contributed by atoms with E-state index in [0.29, 0.717) is 30.5 Å². The van der Waals surface area contributed by atoms with Gasteiger partial charge in [-0.2, -0.15) is 0 Å². The van der Waals surface area contributed by atoms with E-state index in [4.69, 9.17) is 4.74 Å². The van der Waals surface area contributed by atoms with Crippen LogP contribution in [0.25, 0.3) is 15.9 Å². The summed E-state index contributed by atoms with van der Waals surface area (Å²) in [7, 11) is 0. The molecule has 4 heterocycles. The molecule has 0 radical (unpaired) electrons. The Hall–Kier alpha value is -3.20. The summed E-state index contributed by atoms with van der Waals surface area (Å²) in [6.45, 7) is 4.99. The van der Waals surface area contributed by atoms with Crippen LogP contribution in [-0.4, -0.2) is 38.2 Å². The number of aromatic nitrogens is 4. The molecule has 164 valence electrons. The second kappa shape index (κ2) is 7.16. The van der Waals surface area contributed by atoms with E-state index in [0.717, 1.165) is 40.7 Å². The van der Waals surface area contributed by atoms with Gasteiger partial charge in [-0.1, -0.05) is 13.0 Å². The van der Waals surface area contributed by atoms with Gasteiger partial charge < -0.3 is 9.64 Å². The van der Waals surface area contributed by atoms with E-state index in [1.165, 1.54) is 25.9 Å². The quantitative estimate of drug-likeness (QED) is 0.470. The van der Waals surface area contributed by atoms with E-state index in [-0.39, 0.29) is 18.1 Å². The lowest BCUT2D eigenvalue weighted by molar-refractivity contribution is -0.119. The summed E-state index contributed by atoms with van der Waals surface area (Å²) < 4.78 is 8.42. The highest BCUT2D eigenvalue weighted by molar-refractivity contribution is 7.19. The molecule has 0 fully saturated rings. The lowest BCUT2D eigenvalue weighted by Crippen LogP contribution is -2.41. The number of hydrogen-bond acceptors (Lipinski definition) is 6. The molecule has 1 aliphatic carbocycles. The third-order valence-electron chi connectivity index (χ3n) is 6.44. The van der Waals surface area contributed by atoms with Gasteiger partial charge in [-0.15, -0.1) is 16.4 Å². The predicted molar refractivity (Wildman–Crippen MR) is 123 cm³/mol. The highest BCUT2D eigenvalue weighted by Crippen LogP contribution is 2.38. The molecule has 1 atom stereocenters. The molecular formula is C23H23N5O3S. The van der Waals surface area contributed by atoms with Crippen molar-refractivity contribution in [3.8, 4) is 5.75 Å². The Bertz CT molecular complexity index is 1450. The van der Waals surface area contributed by atoms with E-state index in [1.54, 1.807) is 16.2 Å². The van der Waals surface area contributed by atoms with Gasteiger partial charge in [0.2, 0.25) is 5.91 Å². The molecule has 0 saturated heterocycles. The monoisotopic (exact) mass is 449 g/mol. The first-order chi connectivity index (χ1) is 15.5. The number of hydrogen-bond donors (Lipinski definition) is 0. The van der Waals surface area contributed by atoms with Gasteiger partial charge in [0, 0.05) is 4.88 Å². The SMILES string of the molecule is Cc1ccc2c(c1)N(C(=O)Cn1nc3c4c5c(sc4ncn3c1=O)CC(C)CC5)CCO2. The van der Waals surface area contributed by atoms with Crippen molar-refractivity contribution >= 4 is 38.8 Å². The summed E-state index contributed by atoms with van der Waals surface area (Å²) in [5, 5.41) is 5.57. The summed E-state index contributed by atoms with van der Waals surface area (Å²) in [5.74, 6) is 1.16. The van der Waals surface area contributed by atoms with Gasteiger partial charge in [-0.25, -0.2) is 18.9 Å². The minimum absolute atomic E-state index is 0.126. The van der Waals surface area contributed by atoms with Crippen molar-refractivity contribution in [3.05, 3.63) is 51.0 Å². The number of rotatable bonds is 2. The maximum absolute atomic E-state index is 13.2. The highest BCUT2D eigenvalue weighted by atomic mass is 32.1. The third kappa shape index (κ3) is 2.95. The molecule has 1 amide bonds. The third-order valence-corrected chi connectivity index (χ3v) is 7.60. The molecule has 4 aromatic rings. The van der Waals surface area contributed by atoms with Crippen molar-refractivity contribution in [1.82, 2.24) is 19.2 Å². The van der Waals surface area contributed by atoms with Crippen molar-refractivity contribution in [2.24, 2.45) is 5.92 Å². The summed E-state index contributed by atoms with van der Waals surface area (Å²) in [6, 6.07) is 5.77. The van der Waals surface area contributed by atoms with Crippen LogP contribution in [0.3, 0.4) is 0 Å². The number of benzene rings is 1. The molecule has 9 heteroatoms. The minimum Gasteiger partial charge on any atom is -0.490 e. The van der Waals surface area contributed by atoms with Crippen LogP contribution in [0, 0.1) is 12.8 Å². The van der Waals surface area contributed by atoms with E-state index < -0.39 is 0 Å². The first kappa shape index (κ1) is 19.5. The van der Waals surface area contributed by atoms with Gasteiger partial charge in [0.05, 0.1) is 17.6 Å². The molecule has 0 spiro atoms. The maximum Gasteiger partial charge on any atom is 0.352 e. The molecule has 0 N–H and O–H groups in total. The normalized spacial score (nSPS) is 17.9. The molecule has 0 saturated carbocycles. The Morgan fingerprint density at radius 2 is 2.22 bits per heavy atom. The van der Waals surface area contributed by atoms with Crippen molar-refractivity contribution in [2.75, 3.05) is 18.1 Å². The van der Waals surface area contributed by atoms with Crippen LogP contribution in [0.15, 0.2) is 29.3 Å². The Balaban J connectivity index is 1.40. The highest BCUT2D eigenvalue weighted by Gasteiger charge is 2.27. The number of nitrogens with zero attached hydrogens (tertiary/aromatic N) is 5. The van der Waals surface area contributed by atoms with Gasteiger partial charge in [-0.3, -0.25) is 4.79 Å². The molecule has 1 aromatic carbocycles. The van der Waals surface area contributed by atoms with Gasteiger partial charge in [0.15, 0.2) is 5.65 Å². The van der Waals surface area contributed by atoms with Crippen LogP contribution in [0.2, 0.25) is 0 Å². The van der Waals surface area contributed by atoms with Crippen molar-refractivity contribution < 1.29 is 9.53 Å². The Kier molecular flexibility index (Phi) is 4.36. The second-order valence-corrected chi connectivity index (χ2v) is 9.86. The lowest BCUT2D eigenvalue weighted by atomic mass is 9.89. The largest absolute Gasteiger partial charge is 0.490 e. The fraction of sp³-hybridized carbons (Fsp3) is 0.391. The smallest absolute Gasteiger partial charge is 0.352 e. The molecule has 1 unspecified atom stereocenters. The van der Waals surface area contributed by atoms with Gasteiger partial charge >= 0.3 is 5.69 Å². The number of fused-ring (bicyclic) bond motifs is 6. The number of thiophene rings is 1. The standard InChI is InChI=1S/C23H23N5O3S/c1-13-4-6-17-16(9-13)26(7-8-31-17)19(29)11-28-23(30)27-12-24-22-20(21(27)25-28)15-5-3-14(2)10-18(15)32-22/h4,6,9,12,14H,3,5,7-8,10-11H2,1-2H3. The van der Waals surface area contributed by atoms with Crippen LogP contribution in [0.5, 0.6) is 5.75 Å². The number of amides is 1. The first-order valence-electron chi connectivity index (χ1n) is 10.9. The predicted octanol–water partition coefficient (Wildman–Crippen LogP) is 2.96. The molecule has 1 aliphatic heterocycles. The van der Waals surface area contributed by atoms with Crippen molar-refractivity contribution in [2.45, 2.75) is 39.7 Å². The zero-order valence-corrected chi connectivity index (χ0v) is 18.8. The summed E-state index contributed by atoms with van der Waals surface area (Å²) in [4.78, 5) is 34.7. The molecular weight excluding hydrogens is 426 g/mol. The van der Waals surface area contributed by atoms with Crippen LogP contribution in [0.4, 0.5) is 5.69 Å². The Morgan fingerprint density at radius 1 is 1.34 bits per heavy atom. The minimum atomic E-state index is -0.343. The Morgan fingerprint density at radius 3 is 3.09 bits per heavy atom. The van der Waals surface area contributed by atoms with Crippen LogP contribution < -0.4 is 15.3 Å². The molecule has 32 heavy (non-hydrogen) atoms. The number of anilines is 1. The number of carbonyl (C=O) groups is 1. The lowest BCUT2D eigenvalue weighted by Gasteiger charge is -2.29. The maximum atomic E-state index is 13.2. The van der Waals surface area contributed by atoms with Crippen LogP contribution >= 0.6 is 11.3 Å². The zero-order valence-electron chi connectivity index (χ0n) is 18.0. The first-order valence-corrected chi connectivity index (χ1v) is 11.7. The zero-order chi connectivity index (χ0) is 22.0. The molecule has 8 nitrogen and oxygen atoms in total. The van der Waals surface area contributed by atoms with Crippen LogP contribution in [-0.2, 0) is 24.2 Å². The van der Waals surface area contributed by atoms with Crippen molar-refractivity contribution in [3.63, 3.8) is 0 Å². The van der Waals surface area contributed by atoms with Gasteiger partial charge in [0.25, 0.3) is 0 Å². The fourth-order valence-electron chi connectivity index (χ4n) is 4.77. The second-order valence-electron chi connectivity index (χ2n) is 8.78. The topological polar surface area (TPSA) is 81.7 Å². The number of aryl methyl sites for hydroxylation is 2. The Labute approximate surface area is 188 Å². The van der Waals surface area contributed by atoms with Gasteiger partial charge in [-0.05, 0) is 55.4 Å². The summed E-state index contributed by atoms with van der Waals surface area (Å²) in [5.41, 5.74) is 3.30. The average molecular weight is 450 g/mol. The van der Waals surface area contributed by atoms with E-state index in [1.807, 2.05) is 25.1 Å². The van der Waals surface area contributed by atoms with E-state index >= 15 is 0 Å². The fourth-order valence-corrected chi connectivity index (χ4v) is 6.11. The average Bonchev–Trinajstić information content (AvgIpc) is 3.30. The molecule has 3 aromatic heterocycles. The number of ether oxygens (including phenoxy) is 1. The molecule has 0 bridgehead atoms. The van der Waals surface area contributed by atoms with Crippen molar-refractivity contribution in [1.29, 1.82) is 0 Å².